The van der Waals surface area contributed by atoms with Crippen molar-refractivity contribution in [3.63, 3.8) is 0 Å². The fraction of sp³-hybridized carbons (Fsp3) is 0.769. The first-order chi connectivity index (χ1) is 19.5. The van der Waals surface area contributed by atoms with Crippen LogP contribution in [0.3, 0.4) is 0 Å². The van der Waals surface area contributed by atoms with Gasteiger partial charge >= 0.3 is 5.97 Å². The normalized spacial score (nSPS) is 43.6. The standard InChI is InChI=1S/C39H58O3/c1-34(2)21-22-36(5)23-24-38(7)28(29(36)25-34)14-15-31-37(6)19-18-32(35(3,4)30(37)17-20-39(31,38)8)42-33(41)16-11-26-9-12-27(40)13-10-26/h9-10,12-14,29-32,40H,11,15-25H2,1-8H3/t29-,30-,31+,32-,36+,37-,38+,39+/m0/s1. The summed E-state index contributed by atoms with van der Waals surface area (Å²) < 4.78 is 6.30. The lowest BCUT2D eigenvalue weighted by molar-refractivity contribution is -0.212. The molecule has 3 nitrogen and oxygen atoms in total. The number of ether oxygens (including phenoxy) is 1. The van der Waals surface area contributed by atoms with E-state index in [2.05, 4.69) is 61.5 Å². The Morgan fingerprint density at radius 3 is 2.26 bits per heavy atom. The Bertz CT molecular complexity index is 1240. The molecule has 0 unspecified atom stereocenters. The largest absolute Gasteiger partial charge is 0.508 e. The average molecular weight is 575 g/mol. The number of phenolic OH excluding ortho intramolecular Hbond substituents is 1. The number of phenols is 1. The van der Waals surface area contributed by atoms with Gasteiger partial charge in [0.25, 0.3) is 0 Å². The maximum absolute atomic E-state index is 13.1. The maximum Gasteiger partial charge on any atom is 0.306 e. The summed E-state index contributed by atoms with van der Waals surface area (Å²) >= 11 is 0. The summed E-state index contributed by atoms with van der Waals surface area (Å²) in [5.74, 6) is 2.17. The number of hydrogen-bond acceptors (Lipinski definition) is 3. The van der Waals surface area contributed by atoms with Crippen LogP contribution in [0.2, 0.25) is 0 Å². The van der Waals surface area contributed by atoms with Crippen LogP contribution in [0.25, 0.3) is 0 Å². The minimum Gasteiger partial charge on any atom is -0.508 e. The summed E-state index contributed by atoms with van der Waals surface area (Å²) in [7, 11) is 0. The zero-order valence-corrected chi connectivity index (χ0v) is 27.9. The zero-order chi connectivity index (χ0) is 30.3. The second-order valence-electron chi connectivity index (χ2n) is 17.9. The molecular weight excluding hydrogens is 516 g/mol. The Hall–Kier alpha value is -1.77. The summed E-state index contributed by atoms with van der Waals surface area (Å²) in [6.45, 7) is 20.5. The Balaban J connectivity index is 1.21. The molecule has 4 fully saturated rings. The third-order valence-corrected chi connectivity index (χ3v) is 14.8. The molecule has 0 saturated heterocycles. The summed E-state index contributed by atoms with van der Waals surface area (Å²) in [5, 5.41) is 9.56. The van der Waals surface area contributed by atoms with Gasteiger partial charge in [0.15, 0.2) is 0 Å². The fourth-order valence-electron chi connectivity index (χ4n) is 11.8. The Morgan fingerprint density at radius 2 is 1.55 bits per heavy atom. The number of carbonyl (C=O) groups is 1. The van der Waals surface area contributed by atoms with Gasteiger partial charge in [-0.1, -0.05) is 79.2 Å². The molecule has 0 spiro atoms. The molecular formula is C39H58O3. The van der Waals surface area contributed by atoms with Crippen molar-refractivity contribution in [3.05, 3.63) is 41.5 Å². The van der Waals surface area contributed by atoms with Crippen molar-refractivity contribution in [2.75, 3.05) is 0 Å². The minimum atomic E-state index is -0.0798. The molecule has 5 aliphatic carbocycles. The van der Waals surface area contributed by atoms with Crippen molar-refractivity contribution in [3.8, 4) is 5.75 Å². The third kappa shape index (κ3) is 4.52. The number of aromatic hydroxyl groups is 1. The number of hydrogen-bond donors (Lipinski definition) is 1. The lowest BCUT2D eigenvalue weighted by Crippen LogP contribution is -2.64. The highest BCUT2D eigenvalue weighted by molar-refractivity contribution is 5.70. The van der Waals surface area contributed by atoms with Gasteiger partial charge in [0.2, 0.25) is 0 Å². The molecule has 0 heterocycles. The van der Waals surface area contributed by atoms with Crippen LogP contribution >= 0.6 is 0 Å². The minimum absolute atomic E-state index is 0.0163. The smallest absolute Gasteiger partial charge is 0.306 e. The van der Waals surface area contributed by atoms with Crippen LogP contribution in [0.4, 0.5) is 0 Å². The molecule has 1 N–H and O–H groups in total. The molecule has 1 aromatic carbocycles. The number of benzene rings is 1. The second-order valence-corrected chi connectivity index (χ2v) is 17.9. The first-order valence-electron chi connectivity index (χ1n) is 17.2. The number of aryl methyl sites for hydroxylation is 1. The molecule has 42 heavy (non-hydrogen) atoms. The van der Waals surface area contributed by atoms with Crippen LogP contribution in [-0.4, -0.2) is 17.2 Å². The molecule has 0 bridgehead atoms. The van der Waals surface area contributed by atoms with Crippen LogP contribution in [0, 0.1) is 50.2 Å². The lowest BCUT2D eigenvalue weighted by atomic mass is 9.33. The monoisotopic (exact) mass is 574 g/mol. The molecule has 8 atom stereocenters. The molecule has 3 heteroatoms. The maximum atomic E-state index is 13.1. The van der Waals surface area contributed by atoms with Gasteiger partial charge in [-0.15, -0.1) is 0 Å². The highest BCUT2D eigenvalue weighted by atomic mass is 16.5. The lowest BCUT2D eigenvalue weighted by Gasteiger charge is -2.71. The van der Waals surface area contributed by atoms with Crippen LogP contribution in [0.15, 0.2) is 35.9 Å². The highest BCUT2D eigenvalue weighted by Gasteiger charge is 2.68. The number of rotatable bonds is 4. The number of esters is 1. The average Bonchev–Trinajstić information content (AvgIpc) is 2.91. The van der Waals surface area contributed by atoms with E-state index in [1.165, 1.54) is 51.4 Å². The van der Waals surface area contributed by atoms with E-state index in [4.69, 9.17) is 4.74 Å². The number of carbonyl (C=O) groups excluding carboxylic acids is 1. The summed E-state index contributed by atoms with van der Waals surface area (Å²) in [6, 6.07) is 7.16. The SMILES string of the molecule is CC1(C)CC[C@]2(C)CC[C@]3(C)C(=CC[C@@H]4[C@@]5(C)CC[C@H](OC(=O)CCc6ccc(O)cc6)C(C)(C)[C@@H]5CC[C@]43C)[C@@H]2C1. The first kappa shape index (κ1) is 30.3. The number of fused-ring (bicyclic) bond motifs is 7. The van der Waals surface area contributed by atoms with Crippen LogP contribution in [0.5, 0.6) is 5.75 Å². The second kappa shape index (κ2) is 9.87. The van der Waals surface area contributed by atoms with E-state index < -0.39 is 0 Å². The molecule has 0 radical (unpaired) electrons. The quantitative estimate of drug-likeness (QED) is 0.287. The van der Waals surface area contributed by atoms with Gasteiger partial charge in [0.1, 0.15) is 11.9 Å². The predicted octanol–water partition coefficient (Wildman–Crippen LogP) is 10.1. The van der Waals surface area contributed by atoms with Crippen molar-refractivity contribution in [1.82, 2.24) is 0 Å². The Kier molecular flexibility index (Phi) is 7.11. The molecule has 232 valence electrons. The Labute approximate surface area is 256 Å². The molecule has 5 aliphatic rings. The van der Waals surface area contributed by atoms with E-state index in [1.807, 2.05) is 17.7 Å². The van der Waals surface area contributed by atoms with Gasteiger partial charge in [-0.2, -0.15) is 0 Å². The van der Waals surface area contributed by atoms with Crippen LogP contribution in [0.1, 0.15) is 132 Å². The number of allylic oxidation sites excluding steroid dienone is 2. The van der Waals surface area contributed by atoms with Crippen molar-refractivity contribution < 1.29 is 14.6 Å². The summed E-state index contributed by atoms with van der Waals surface area (Å²) in [6.07, 6.45) is 16.6. The van der Waals surface area contributed by atoms with E-state index in [1.54, 1.807) is 12.1 Å². The van der Waals surface area contributed by atoms with Crippen molar-refractivity contribution in [2.24, 2.45) is 50.2 Å². The van der Waals surface area contributed by atoms with Crippen LogP contribution in [-0.2, 0) is 16.0 Å². The molecule has 0 aromatic heterocycles. The van der Waals surface area contributed by atoms with Gasteiger partial charge in [-0.3, -0.25) is 4.79 Å². The van der Waals surface area contributed by atoms with Gasteiger partial charge in [-0.05, 0) is 133 Å². The van der Waals surface area contributed by atoms with Crippen molar-refractivity contribution >= 4 is 5.97 Å². The van der Waals surface area contributed by atoms with E-state index >= 15 is 0 Å². The van der Waals surface area contributed by atoms with E-state index in [0.717, 1.165) is 24.3 Å². The van der Waals surface area contributed by atoms with Gasteiger partial charge in [-0.25, -0.2) is 0 Å². The molecule has 0 aliphatic heterocycles. The van der Waals surface area contributed by atoms with Gasteiger partial charge in [0.05, 0.1) is 0 Å². The van der Waals surface area contributed by atoms with Crippen LogP contribution < -0.4 is 0 Å². The molecule has 0 amide bonds. The molecule has 4 saturated carbocycles. The van der Waals surface area contributed by atoms with Crippen molar-refractivity contribution in [1.29, 1.82) is 0 Å². The molecule has 1 aromatic rings. The van der Waals surface area contributed by atoms with Gasteiger partial charge < -0.3 is 9.84 Å². The first-order valence-corrected chi connectivity index (χ1v) is 17.2. The summed E-state index contributed by atoms with van der Waals surface area (Å²) in [5.41, 5.74) is 4.70. The Morgan fingerprint density at radius 1 is 0.857 bits per heavy atom. The van der Waals surface area contributed by atoms with E-state index in [0.29, 0.717) is 46.3 Å². The van der Waals surface area contributed by atoms with E-state index in [-0.39, 0.29) is 28.7 Å². The predicted molar refractivity (Wildman–Crippen MR) is 171 cm³/mol. The van der Waals surface area contributed by atoms with Crippen molar-refractivity contribution in [2.45, 2.75) is 139 Å². The van der Waals surface area contributed by atoms with E-state index in [9.17, 15) is 9.90 Å². The zero-order valence-electron chi connectivity index (χ0n) is 27.9. The highest BCUT2D eigenvalue weighted by Crippen LogP contribution is 2.75. The topological polar surface area (TPSA) is 46.5 Å². The molecule has 6 rings (SSSR count). The van der Waals surface area contributed by atoms with Gasteiger partial charge in [0, 0.05) is 11.8 Å². The third-order valence-electron chi connectivity index (χ3n) is 14.8. The fourth-order valence-corrected chi connectivity index (χ4v) is 11.8. The summed E-state index contributed by atoms with van der Waals surface area (Å²) in [4.78, 5) is 13.1.